The minimum atomic E-state index is -0.408. The topological polar surface area (TPSA) is 23.5 Å². The van der Waals surface area contributed by atoms with Gasteiger partial charge >= 0.3 is 0 Å². The molecule has 0 unspecified atom stereocenters. The molecular formula is C6H12FNO. The van der Waals surface area contributed by atoms with Crippen molar-refractivity contribution in [3.05, 3.63) is 0 Å². The molecule has 1 rings (SSSR count). The second kappa shape index (κ2) is 2.23. The number of aliphatic hydroxyl groups is 1. The van der Waals surface area contributed by atoms with E-state index >= 15 is 0 Å². The van der Waals surface area contributed by atoms with E-state index in [1.165, 1.54) is 0 Å². The lowest BCUT2D eigenvalue weighted by Crippen LogP contribution is -2.57. The second-order valence-electron chi connectivity index (χ2n) is 2.96. The zero-order valence-corrected chi connectivity index (χ0v) is 5.60. The summed E-state index contributed by atoms with van der Waals surface area (Å²) in [5.41, 5.74) is -0.408. The van der Waals surface area contributed by atoms with Gasteiger partial charge in [0.15, 0.2) is 0 Å². The Morgan fingerprint density at radius 3 is 2.33 bits per heavy atom. The molecule has 3 heteroatoms. The Morgan fingerprint density at radius 1 is 1.67 bits per heavy atom. The number of hydrogen-bond donors (Lipinski definition) is 1. The van der Waals surface area contributed by atoms with E-state index in [-0.39, 0.29) is 6.61 Å². The Bertz CT molecular complexity index is 95.2. The van der Waals surface area contributed by atoms with Gasteiger partial charge in [0, 0.05) is 18.5 Å². The van der Waals surface area contributed by atoms with Crippen molar-refractivity contribution in [1.29, 1.82) is 0 Å². The van der Waals surface area contributed by atoms with Crippen LogP contribution in [0.2, 0.25) is 0 Å². The highest BCUT2D eigenvalue weighted by Crippen LogP contribution is 2.28. The van der Waals surface area contributed by atoms with Crippen LogP contribution in [0.4, 0.5) is 4.39 Å². The molecule has 54 valence electrons. The van der Waals surface area contributed by atoms with Crippen LogP contribution in [0, 0.1) is 5.41 Å². The van der Waals surface area contributed by atoms with Gasteiger partial charge in [-0.3, -0.25) is 4.39 Å². The maximum atomic E-state index is 12.1. The van der Waals surface area contributed by atoms with Crippen molar-refractivity contribution in [3.63, 3.8) is 0 Å². The van der Waals surface area contributed by atoms with Crippen molar-refractivity contribution < 1.29 is 9.50 Å². The van der Waals surface area contributed by atoms with Gasteiger partial charge in [-0.05, 0) is 7.05 Å². The molecule has 0 spiro atoms. The maximum Gasteiger partial charge on any atom is 0.0997 e. The van der Waals surface area contributed by atoms with Crippen LogP contribution < -0.4 is 0 Å². The predicted octanol–water partition coefficient (Wildman–Crippen LogP) is -0.120. The van der Waals surface area contributed by atoms with Gasteiger partial charge in [0.1, 0.15) is 0 Å². The van der Waals surface area contributed by atoms with Gasteiger partial charge < -0.3 is 10.0 Å². The van der Waals surface area contributed by atoms with Crippen LogP contribution in [0.5, 0.6) is 0 Å². The number of rotatable bonds is 2. The van der Waals surface area contributed by atoms with Gasteiger partial charge in [0.05, 0.1) is 13.3 Å². The molecule has 2 nitrogen and oxygen atoms in total. The van der Waals surface area contributed by atoms with E-state index in [0.717, 1.165) is 0 Å². The van der Waals surface area contributed by atoms with Crippen molar-refractivity contribution in [2.45, 2.75) is 0 Å². The van der Waals surface area contributed by atoms with Crippen molar-refractivity contribution in [3.8, 4) is 0 Å². The van der Waals surface area contributed by atoms with E-state index in [9.17, 15) is 4.39 Å². The van der Waals surface area contributed by atoms with E-state index in [1.54, 1.807) is 0 Å². The molecular weight excluding hydrogens is 121 g/mol. The third-order valence-corrected chi connectivity index (χ3v) is 1.83. The Balaban J connectivity index is 2.36. The third-order valence-electron chi connectivity index (χ3n) is 1.83. The molecule has 0 atom stereocenters. The summed E-state index contributed by atoms with van der Waals surface area (Å²) >= 11 is 0. The standard InChI is InChI=1S/C6H12FNO/c1-8-3-6(2-7,4-8)5-9/h9H,2-5H2,1H3. The maximum absolute atomic E-state index is 12.1. The third kappa shape index (κ3) is 1.07. The molecule has 1 N–H and O–H groups in total. The Morgan fingerprint density at radius 2 is 2.22 bits per heavy atom. The van der Waals surface area contributed by atoms with Crippen molar-refractivity contribution in [2.75, 3.05) is 33.4 Å². The number of aliphatic hydroxyl groups excluding tert-OH is 1. The van der Waals surface area contributed by atoms with E-state index < -0.39 is 12.1 Å². The first-order valence-corrected chi connectivity index (χ1v) is 3.08. The van der Waals surface area contributed by atoms with Crippen LogP contribution in [0.1, 0.15) is 0 Å². The van der Waals surface area contributed by atoms with Gasteiger partial charge in [-0.1, -0.05) is 0 Å². The summed E-state index contributed by atoms with van der Waals surface area (Å²) in [6.07, 6.45) is 0. The van der Waals surface area contributed by atoms with E-state index in [2.05, 4.69) is 0 Å². The highest BCUT2D eigenvalue weighted by atomic mass is 19.1. The zero-order chi connectivity index (χ0) is 6.91. The van der Waals surface area contributed by atoms with Crippen molar-refractivity contribution in [2.24, 2.45) is 5.41 Å². The molecule has 0 aromatic carbocycles. The van der Waals surface area contributed by atoms with Gasteiger partial charge in [-0.2, -0.15) is 0 Å². The summed E-state index contributed by atoms with van der Waals surface area (Å²) in [4.78, 5) is 2.00. The molecule has 0 amide bonds. The number of alkyl halides is 1. The van der Waals surface area contributed by atoms with Crippen LogP contribution in [0.25, 0.3) is 0 Å². The molecule has 1 fully saturated rings. The van der Waals surface area contributed by atoms with Gasteiger partial charge in [0.2, 0.25) is 0 Å². The smallest absolute Gasteiger partial charge is 0.0997 e. The van der Waals surface area contributed by atoms with Crippen LogP contribution >= 0.6 is 0 Å². The van der Waals surface area contributed by atoms with Crippen LogP contribution in [-0.4, -0.2) is 43.4 Å². The summed E-state index contributed by atoms with van der Waals surface area (Å²) in [6.45, 7) is 0.974. The molecule has 1 saturated heterocycles. The molecule has 0 bridgehead atoms. The lowest BCUT2D eigenvalue weighted by atomic mass is 9.83. The number of likely N-dealkylation sites (tertiary alicyclic amines) is 1. The first-order chi connectivity index (χ1) is 4.22. The first-order valence-electron chi connectivity index (χ1n) is 3.08. The fraction of sp³-hybridized carbons (Fsp3) is 1.00. The summed E-state index contributed by atoms with van der Waals surface area (Å²) in [5.74, 6) is 0. The molecule has 9 heavy (non-hydrogen) atoms. The molecule has 0 radical (unpaired) electrons. The molecule has 1 aliphatic heterocycles. The summed E-state index contributed by atoms with van der Waals surface area (Å²) in [6, 6.07) is 0. The van der Waals surface area contributed by atoms with Gasteiger partial charge in [-0.15, -0.1) is 0 Å². The average molecular weight is 133 g/mol. The molecule has 0 aromatic heterocycles. The Hall–Kier alpha value is -0.150. The van der Waals surface area contributed by atoms with Crippen LogP contribution in [0.15, 0.2) is 0 Å². The average Bonchev–Trinajstić information content (AvgIpc) is 1.81. The fourth-order valence-electron chi connectivity index (χ4n) is 1.33. The lowest BCUT2D eigenvalue weighted by molar-refractivity contribution is -0.0416. The monoisotopic (exact) mass is 133 g/mol. The molecule has 0 aromatic rings. The number of halogens is 1. The largest absolute Gasteiger partial charge is 0.396 e. The van der Waals surface area contributed by atoms with Crippen LogP contribution in [-0.2, 0) is 0 Å². The zero-order valence-electron chi connectivity index (χ0n) is 5.60. The molecule has 1 aliphatic rings. The number of hydrogen-bond acceptors (Lipinski definition) is 2. The molecule has 0 aliphatic carbocycles. The summed E-state index contributed by atoms with van der Waals surface area (Å²) in [7, 11) is 1.92. The SMILES string of the molecule is CN1CC(CO)(CF)C1. The van der Waals surface area contributed by atoms with Crippen molar-refractivity contribution >= 4 is 0 Å². The quantitative estimate of drug-likeness (QED) is 0.567. The predicted molar refractivity (Wildman–Crippen MR) is 33.0 cm³/mol. The minimum absolute atomic E-state index is 0.0200. The van der Waals surface area contributed by atoms with E-state index in [0.29, 0.717) is 13.1 Å². The lowest BCUT2D eigenvalue weighted by Gasteiger charge is -2.45. The summed E-state index contributed by atoms with van der Waals surface area (Å²) in [5, 5.41) is 8.69. The van der Waals surface area contributed by atoms with E-state index in [4.69, 9.17) is 5.11 Å². The second-order valence-corrected chi connectivity index (χ2v) is 2.96. The van der Waals surface area contributed by atoms with Gasteiger partial charge in [-0.25, -0.2) is 0 Å². The number of nitrogens with zero attached hydrogens (tertiary/aromatic N) is 1. The molecule has 1 heterocycles. The van der Waals surface area contributed by atoms with E-state index in [1.807, 2.05) is 11.9 Å². The van der Waals surface area contributed by atoms with Crippen LogP contribution in [0.3, 0.4) is 0 Å². The first kappa shape index (κ1) is 6.96. The highest BCUT2D eigenvalue weighted by Gasteiger charge is 2.40. The minimum Gasteiger partial charge on any atom is -0.396 e. The highest BCUT2D eigenvalue weighted by molar-refractivity contribution is 4.92. The molecule has 0 saturated carbocycles. The van der Waals surface area contributed by atoms with Crippen molar-refractivity contribution in [1.82, 2.24) is 4.90 Å². The Labute approximate surface area is 54.3 Å². The fourth-order valence-corrected chi connectivity index (χ4v) is 1.33. The normalized spacial score (nSPS) is 25.7. The summed E-state index contributed by atoms with van der Waals surface area (Å²) < 4.78 is 12.1. The van der Waals surface area contributed by atoms with Gasteiger partial charge in [0.25, 0.3) is 0 Å². The Kier molecular flexibility index (Phi) is 1.73.